The van der Waals surface area contributed by atoms with Gasteiger partial charge in [0.1, 0.15) is 13.4 Å². The van der Waals surface area contributed by atoms with Crippen LogP contribution in [0.4, 0.5) is 0 Å². The van der Waals surface area contributed by atoms with E-state index in [1.165, 1.54) is 17.9 Å². The van der Waals surface area contributed by atoms with Crippen LogP contribution in [0.3, 0.4) is 0 Å². The molecule has 1 aromatic heterocycles. The molecule has 27 heavy (non-hydrogen) atoms. The smallest absolute Gasteiger partial charge is 0.356 e. The van der Waals surface area contributed by atoms with E-state index in [-0.39, 0.29) is 35.9 Å². The van der Waals surface area contributed by atoms with Crippen molar-refractivity contribution >= 4 is 21.9 Å². The largest absolute Gasteiger partial charge is 0.482 e. The van der Waals surface area contributed by atoms with Crippen molar-refractivity contribution in [2.45, 2.75) is 12.6 Å². The van der Waals surface area contributed by atoms with Gasteiger partial charge in [0.2, 0.25) is 5.43 Å². The van der Waals surface area contributed by atoms with Crippen LogP contribution in [0, 0.1) is 0 Å². The molecular formula is C18H20BrNO7. The molecule has 0 bridgehead atoms. The summed E-state index contributed by atoms with van der Waals surface area (Å²) in [5.41, 5.74) is -0.171. The number of hydrogen-bond acceptors (Lipinski definition) is 6. The number of pyridine rings is 1. The zero-order valence-electron chi connectivity index (χ0n) is 14.6. The lowest BCUT2D eigenvalue weighted by molar-refractivity contribution is -0.0471. The molecule has 2 N–H and O–H groups in total. The maximum absolute atomic E-state index is 12.5. The molecule has 0 aliphatic rings. The van der Waals surface area contributed by atoms with E-state index in [4.69, 9.17) is 14.2 Å². The first-order valence-electron chi connectivity index (χ1n) is 8.01. The second-order valence-corrected chi connectivity index (χ2v) is 6.44. The quantitative estimate of drug-likeness (QED) is 0.429. The van der Waals surface area contributed by atoms with E-state index in [9.17, 15) is 19.8 Å². The topological polar surface area (TPSA) is 107 Å². The Balaban J connectivity index is 2.43. The van der Waals surface area contributed by atoms with Crippen molar-refractivity contribution in [1.29, 1.82) is 0 Å². The molecule has 0 radical (unpaired) electrons. The van der Waals surface area contributed by atoms with Gasteiger partial charge in [-0.1, -0.05) is 30.3 Å². The number of ether oxygens (including phenoxy) is 3. The van der Waals surface area contributed by atoms with E-state index in [2.05, 4.69) is 15.9 Å². The number of halogens is 1. The fourth-order valence-corrected chi connectivity index (χ4v) is 2.83. The minimum atomic E-state index is -1.35. The third-order valence-corrected chi connectivity index (χ3v) is 4.26. The van der Waals surface area contributed by atoms with Crippen molar-refractivity contribution in [3.8, 4) is 5.75 Å². The number of aromatic nitrogens is 1. The summed E-state index contributed by atoms with van der Waals surface area (Å²) in [6.07, 6.45) is 1.30. The van der Waals surface area contributed by atoms with Crippen molar-refractivity contribution in [1.82, 2.24) is 4.57 Å². The minimum absolute atomic E-state index is 0.0158. The Morgan fingerprint density at radius 3 is 2.59 bits per heavy atom. The molecule has 1 unspecified atom stereocenters. The third kappa shape index (κ3) is 5.39. The predicted molar refractivity (Wildman–Crippen MR) is 100 cm³/mol. The van der Waals surface area contributed by atoms with E-state index < -0.39 is 24.0 Å². The fraction of sp³-hybridized carbons (Fsp3) is 0.333. The molecular weight excluding hydrogens is 422 g/mol. The van der Waals surface area contributed by atoms with Crippen LogP contribution in [0.2, 0.25) is 0 Å². The Hall–Kier alpha value is -2.20. The molecule has 0 amide bonds. The molecule has 1 atom stereocenters. The van der Waals surface area contributed by atoms with Crippen LogP contribution >= 0.6 is 15.9 Å². The zero-order chi connectivity index (χ0) is 19.8. The molecule has 146 valence electrons. The lowest BCUT2D eigenvalue weighted by Gasteiger charge is -2.22. The van der Waals surface area contributed by atoms with Gasteiger partial charge in [-0.2, -0.15) is 0 Å². The summed E-state index contributed by atoms with van der Waals surface area (Å²) in [5.74, 6) is -1.67. The number of aromatic carboxylic acids is 1. The van der Waals surface area contributed by atoms with Gasteiger partial charge in [-0.25, -0.2) is 4.79 Å². The van der Waals surface area contributed by atoms with Crippen molar-refractivity contribution in [3.05, 3.63) is 62.5 Å². The molecule has 1 aromatic carbocycles. The Kier molecular flexibility index (Phi) is 7.99. The number of rotatable bonds is 10. The number of carboxylic acid groups (broad SMARTS) is 1. The molecule has 0 saturated heterocycles. The normalized spacial score (nSPS) is 12.0. The second kappa shape index (κ2) is 10.2. The van der Waals surface area contributed by atoms with Crippen LogP contribution in [0.1, 0.15) is 22.1 Å². The number of aliphatic hydroxyl groups excluding tert-OH is 1. The lowest BCUT2D eigenvalue weighted by atomic mass is 10.2. The average molecular weight is 442 g/mol. The molecule has 9 heteroatoms. The van der Waals surface area contributed by atoms with E-state index in [0.29, 0.717) is 0 Å². The third-order valence-electron chi connectivity index (χ3n) is 3.69. The van der Waals surface area contributed by atoms with E-state index in [1.807, 2.05) is 18.2 Å². The summed E-state index contributed by atoms with van der Waals surface area (Å²) in [7, 11) is 1.45. The van der Waals surface area contributed by atoms with Gasteiger partial charge in [-0.3, -0.25) is 4.79 Å². The Labute approximate surface area is 164 Å². The highest BCUT2D eigenvalue weighted by atomic mass is 79.9. The highest BCUT2D eigenvalue weighted by Gasteiger charge is 2.26. The van der Waals surface area contributed by atoms with Crippen molar-refractivity contribution < 1.29 is 29.2 Å². The summed E-state index contributed by atoms with van der Waals surface area (Å²) < 4.78 is 17.0. The SMILES string of the molecule is COCOCC(CO)n1cc(Br)c(=O)c(OCc2ccccc2)c1C(=O)O. The molecule has 0 aliphatic heterocycles. The summed E-state index contributed by atoms with van der Waals surface area (Å²) >= 11 is 3.13. The molecule has 2 aromatic rings. The van der Waals surface area contributed by atoms with E-state index in [0.717, 1.165) is 5.56 Å². The minimum Gasteiger partial charge on any atom is -0.482 e. The number of methoxy groups -OCH3 is 1. The molecule has 0 spiro atoms. The Morgan fingerprint density at radius 1 is 1.30 bits per heavy atom. The van der Waals surface area contributed by atoms with Crippen LogP contribution in [0.5, 0.6) is 5.75 Å². The van der Waals surface area contributed by atoms with E-state index in [1.54, 1.807) is 12.1 Å². The number of carboxylic acids is 1. The van der Waals surface area contributed by atoms with Gasteiger partial charge in [0, 0.05) is 13.3 Å². The summed E-state index contributed by atoms with van der Waals surface area (Å²) in [5, 5.41) is 19.3. The van der Waals surface area contributed by atoms with Gasteiger partial charge >= 0.3 is 5.97 Å². The first kappa shape index (κ1) is 21.1. The maximum atomic E-state index is 12.5. The van der Waals surface area contributed by atoms with Gasteiger partial charge in [0.05, 0.1) is 23.7 Å². The highest BCUT2D eigenvalue weighted by molar-refractivity contribution is 9.10. The van der Waals surface area contributed by atoms with Crippen molar-refractivity contribution in [2.75, 3.05) is 27.1 Å². The van der Waals surface area contributed by atoms with Gasteiger partial charge in [-0.15, -0.1) is 0 Å². The average Bonchev–Trinajstić information content (AvgIpc) is 2.66. The number of nitrogens with zero attached hydrogens (tertiary/aromatic N) is 1. The van der Waals surface area contributed by atoms with Crippen molar-refractivity contribution in [3.63, 3.8) is 0 Å². The van der Waals surface area contributed by atoms with Gasteiger partial charge in [-0.05, 0) is 21.5 Å². The molecule has 2 rings (SSSR count). The number of benzene rings is 1. The number of aliphatic hydroxyl groups is 1. The van der Waals surface area contributed by atoms with Crippen LogP contribution in [-0.2, 0) is 16.1 Å². The van der Waals surface area contributed by atoms with Crippen LogP contribution in [0.25, 0.3) is 0 Å². The zero-order valence-corrected chi connectivity index (χ0v) is 16.2. The Morgan fingerprint density at radius 2 is 2.00 bits per heavy atom. The molecule has 8 nitrogen and oxygen atoms in total. The molecule has 1 heterocycles. The Bertz CT molecular complexity index is 822. The summed E-state index contributed by atoms with van der Waals surface area (Å²) in [4.78, 5) is 24.3. The van der Waals surface area contributed by atoms with Crippen LogP contribution < -0.4 is 10.2 Å². The van der Waals surface area contributed by atoms with Gasteiger partial charge in [0.15, 0.2) is 11.4 Å². The van der Waals surface area contributed by atoms with Crippen LogP contribution in [0.15, 0.2) is 45.8 Å². The van der Waals surface area contributed by atoms with Gasteiger partial charge < -0.3 is 29.0 Å². The van der Waals surface area contributed by atoms with Crippen LogP contribution in [-0.4, -0.2) is 47.9 Å². The maximum Gasteiger partial charge on any atom is 0.356 e. The van der Waals surface area contributed by atoms with Gasteiger partial charge in [0.25, 0.3) is 0 Å². The predicted octanol–water partition coefficient (Wildman–Crippen LogP) is 2.04. The monoisotopic (exact) mass is 441 g/mol. The number of hydrogen-bond donors (Lipinski definition) is 2. The van der Waals surface area contributed by atoms with Crippen molar-refractivity contribution in [2.24, 2.45) is 0 Å². The highest BCUT2D eigenvalue weighted by Crippen LogP contribution is 2.23. The molecule has 0 fully saturated rings. The lowest BCUT2D eigenvalue weighted by Crippen LogP contribution is -2.28. The first-order valence-corrected chi connectivity index (χ1v) is 8.81. The summed E-state index contributed by atoms with van der Waals surface area (Å²) in [6.45, 7) is -0.413. The molecule has 0 aliphatic carbocycles. The summed E-state index contributed by atoms with van der Waals surface area (Å²) in [6, 6.07) is 8.31. The second-order valence-electron chi connectivity index (χ2n) is 5.58. The standard InChI is InChI=1S/C18H20BrNO7/c1-25-11-26-10-13(8-21)20-7-14(19)16(22)17(15(20)18(23)24)27-9-12-5-3-2-4-6-12/h2-7,13,21H,8-11H2,1H3,(H,23,24). The first-order chi connectivity index (χ1) is 13.0. The number of carbonyl (C=O) groups is 1. The van der Waals surface area contributed by atoms with E-state index >= 15 is 0 Å². The fourth-order valence-electron chi connectivity index (χ4n) is 2.43. The molecule has 0 saturated carbocycles.